The van der Waals surface area contributed by atoms with Crippen LogP contribution in [0, 0.1) is 6.92 Å². The van der Waals surface area contributed by atoms with Crippen LogP contribution in [0.2, 0.25) is 0 Å². The van der Waals surface area contributed by atoms with Gasteiger partial charge in [-0.1, -0.05) is 11.2 Å². The van der Waals surface area contributed by atoms with E-state index in [1.165, 1.54) is 0 Å². The summed E-state index contributed by atoms with van der Waals surface area (Å²) in [5, 5.41) is 6.40. The number of likely N-dealkylation sites (N-methyl/N-ethyl adjacent to an activating group) is 1. The van der Waals surface area contributed by atoms with Crippen molar-refractivity contribution < 1.29 is 18.8 Å². The number of ether oxygens (including phenoxy) is 2. The molecule has 0 fully saturated rings. The first kappa shape index (κ1) is 17.8. The fourth-order valence-corrected chi connectivity index (χ4v) is 2.30. The second-order valence-electron chi connectivity index (χ2n) is 5.47. The van der Waals surface area contributed by atoms with Crippen molar-refractivity contribution in [3.8, 4) is 11.5 Å². The van der Waals surface area contributed by atoms with Crippen LogP contribution in [0.5, 0.6) is 11.5 Å². The van der Waals surface area contributed by atoms with Crippen molar-refractivity contribution in [2.24, 2.45) is 0 Å². The summed E-state index contributed by atoms with van der Waals surface area (Å²) >= 11 is 0. The van der Waals surface area contributed by atoms with E-state index in [-0.39, 0.29) is 12.5 Å². The standard InChI is InChI=1S/C17H23N3O4/c1-5-23-14-7-6-13(9-15(14)22-4)10-20(3)11-16(21)18-17-8-12(2)19-24-17/h6-9H,5,10-11H2,1-4H3,(H,18,21). The van der Waals surface area contributed by atoms with E-state index >= 15 is 0 Å². The fraction of sp³-hybridized carbons (Fsp3) is 0.412. The van der Waals surface area contributed by atoms with Crippen LogP contribution >= 0.6 is 0 Å². The van der Waals surface area contributed by atoms with Gasteiger partial charge in [-0.2, -0.15) is 0 Å². The monoisotopic (exact) mass is 333 g/mol. The number of aromatic nitrogens is 1. The summed E-state index contributed by atoms with van der Waals surface area (Å²) in [7, 11) is 3.48. The zero-order chi connectivity index (χ0) is 17.5. The van der Waals surface area contributed by atoms with Gasteiger partial charge in [0.2, 0.25) is 11.8 Å². The second kappa shape index (κ2) is 8.35. The molecule has 1 aromatic heterocycles. The van der Waals surface area contributed by atoms with E-state index in [9.17, 15) is 4.79 Å². The number of nitrogens with zero attached hydrogens (tertiary/aromatic N) is 2. The molecule has 2 rings (SSSR count). The van der Waals surface area contributed by atoms with Crippen LogP contribution in [0.15, 0.2) is 28.8 Å². The number of carbonyl (C=O) groups excluding carboxylic acids is 1. The third kappa shape index (κ3) is 4.99. The van der Waals surface area contributed by atoms with Crippen molar-refractivity contribution in [1.29, 1.82) is 0 Å². The number of nitrogens with one attached hydrogen (secondary N) is 1. The minimum absolute atomic E-state index is 0.161. The van der Waals surface area contributed by atoms with Crippen LogP contribution in [0.4, 0.5) is 5.88 Å². The first-order valence-electron chi connectivity index (χ1n) is 7.73. The molecular weight excluding hydrogens is 310 g/mol. The lowest BCUT2D eigenvalue weighted by Crippen LogP contribution is -2.29. The Labute approximate surface area is 141 Å². The first-order valence-corrected chi connectivity index (χ1v) is 7.73. The molecule has 7 nitrogen and oxygen atoms in total. The summed E-state index contributed by atoms with van der Waals surface area (Å²) in [6, 6.07) is 7.43. The molecule has 0 saturated heterocycles. The summed E-state index contributed by atoms with van der Waals surface area (Å²) in [6.07, 6.45) is 0. The molecule has 1 aromatic carbocycles. The molecule has 1 N–H and O–H groups in total. The molecule has 0 spiro atoms. The van der Waals surface area contributed by atoms with Crippen LogP contribution in [0.1, 0.15) is 18.2 Å². The van der Waals surface area contributed by atoms with Crippen molar-refractivity contribution >= 4 is 11.8 Å². The molecule has 2 aromatic rings. The Morgan fingerprint density at radius 3 is 2.75 bits per heavy atom. The smallest absolute Gasteiger partial charge is 0.240 e. The zero-order valence-corrected chi connectivity index (χ0v) is 14.5. The van der Waals surface area contributed by atoms with Gasteiger partial charge in [0.15, 0.2) is 11.5 Å². The Hall–Kier alpha value is -2.54. The maximum Gasteiger partial charge on any atom is 0.240 e. The average Bonchev–Trinajstić information content (AvgIpc) is 2.93. The van der Waals surface area contributed by atoms with Gasteiger partial charge in [0.05, 0.1) is 26.0 Å². The molecule has 7 heteroatoms. The van der Waals surface area contributed by atoms with Gasteiger partial charge >= 0.3 is 0 Å². The summed E-state index contributed by atoms with van der Waals surface area (Å²) in [5.74, 6) is 1.59. The zero-order valence-electron chi connectivity index (χ0n) is 14.5. The third-order valence-electron chi connectivity index (χ3n) is 3.28. The van der Waals surface area contributed by atoms with Gasteiger partial charge in [-0.25, -0.2) is 0 Å². The van der Waals surface area contributed by atoms with Gasteiger partial charge in [0.25, 0.3) is 0 Å². The molecule has 0 aliphatic heterocycles. The minimum atomic E-state index is -0.161. The van der Waals surface area contributed by atoms with Gasteiger partial charge in [0, 0.05) is 12.6 Å². The molecule has 1 heterocycles. The summed E-state index contributed by atoms with van der Waals surface area (Å²) in [6.45, 7) is 5.14. The predicted molar refractivity (Wildman–Crippen MR) is 90.4 cm³/mol. The summed E-state index contributed by atoms with van der Waals surface area (Å²) in [5.41, 5.74) is 1.75. The molecule has 0 saturated carbocycles. The quantitative estimate of drug-likeness (QED) is 0.800. The molecule has 0 bridgehead atoms. The number of hydrogen-bond donors (Lipinski definition) is 1. The normalized spacial score (nSPS) is 10.7. The average molecular weight is 333 g/mol. The molecule has 0 atom stereocenters. The largest absolute Gasteiger partial charge is 0.493 e. The maximum atomic E-state index is 12.0. The first-order chi connectivity index (χ1) is 11.5. The fourth-order valence-electron chi connectivity index (χ4n) is 2.30. The van der Waals surface area contributed by atoms with Gasteiger partial charge < -0.3 is 14.0 Å². The van der Waals surface area contributed by atoms with Crippen molar-refractivity contribution in [3.05, 3.63) is 35.5 Å². The molecule has 24 heavy (non-hydrogen) atoms. The van der Waals surface area contributed by atoms with E-state index in [4.69, 9.17) is 14.0 Å². The highest BCUT2D eigenvalue weighted by Gasteiger charge is 2.11. The number of aryl methyl sites for hydroxylation is 1. The van der Waals surface area contributed by atoms with Crippen LogP contribution < -0.4 is 14.8 Å². The van der Waals surface area contributed by atoms with Gasteiger partial charge in [-0.15, -0.1) is 0 Å². The minimum Gasteiger partial charge on any atom is -0.493 e. The topological polar surface area (TPSA) is 76.8 Å². The van der Waals surface area contributed by atoms with Crippen LogP contribution in [0.25, 0.3) is 0 Å². The third-order valence-corrected chi connectivity index (χ3v) is 3.28. The van der Waals surface area contributed by atoms with Crippen LogP contribution in [0.3, 0.4) is 0 Å². The second-order valence-corrected chi connectivity index (χ2v) is 5.47. The van der Waals surface area contributed by atoms with Gasteiger partial charge in [-0.05, 0) is 38.6 Å². The number of methoxy groups -OCH3 is 1. The number of benzene rings is 1. The summed E-state index contributed by atoms with van der Waals surface area (Å²) in [4.78, 5) is 13.9. The highest BCUT2D eigenvalue weighted by atomic mass is 16.5. The van der Waals surface area contributed by atoms with Crippen molar-refractivity contribution in [1.82, 2.24) is 10.1 Å². The molecule has 0 radical (unpaired) electrons. The van der Waals surface area contributed by atoms with Crippen LogP contribution in [-0.2, 0) is 11.3 Å². The number of anilines is 1. The van der Waals surface area contributed by atoms with Gasteiger partial charge in [0.1, 0.15) is 0 Å². The van der Waals surface area contributed by atoms with E-state index in [0.29, 0.717) is 30.5 Å². The Morgan fingerprint density at radius 2 is 2.12 bits per heavy atom. The number of amides is 1. The van der Waals surface area contributed by atoms with E-state index in [2.05, 4.69) is 10.5 Å². The van der Waals surface area contributed by atoms with Crippen LogP contribution in [-0.4, -0.2) is 43.3 Å². The number of rotatable bonds is 8. The molecular formula is C17H23N3O4. The van der Waals surface area contributed by atoms with Gasteiger partial charge in [-0.3, -0.25) is 15.0 Å². The lowest BCUT2D eigenvalue weighted by atomic mass is 10.2. The molecule has 0 aliphatic carbocycles. The lowest BCUT2D eigenvalue weighted by molar-refractivity contribution is -0.117. The highest BCUT2D eigenvalue weighted by molar-refractivity contribution is 5.90. The molecule has 0 aliphatic rings. The summed E-state index contributed by atoms with van der Waals surface area (Å²) < 4.78 is 15.8. The Morgan fingerprint density at radius 1 is 1.33 bits per heavy atom. The number of carbonyl (C=O) groups is 1. The van der Waals surface area contributed by atoms with E-state index in [1.54, 1.807) is 20.1 Å². The Balaban J connectivity index is 1.91. The Kier molecular flexibility index (Phi) is 6.20. The molecule has 0 unspecified atom stereocenters. The van der Waals surface area contributed by atoms with E-state index in [0.717, 1.165) is 11.3 Å². The van der Waals surface area contributed by atoms with Crippen molar-refractivity contribution in [2.75, 3.05) is 32.6 Å². The van der Waals surface area contributed by atoms with Crippen molar-refractivity contribution in [2.45, 2.75) is 20.4 Å². The Bertz CT molecular complexity index is 684. The van der Waals surface area contributed by atoms with E-state index < -0.39 is 0 Å². The molecule has 1 amide bonds. The highest BCUT2D eigenvalue weighted by Crippen LogP contribution is 2.28. The lowest BCUT2D eigenvalue weighted by Gasteiger charge is -2.17. The number of hydrogen-bond acceptors (Lipinski definition) is 6. The predicted octanol–water partition coefficient (Wildman–Crippen LogP) is 2.46. The SMILES string of the molecule is CCOc1ccc(CN(C)CC(=O)Nc2cc(C)no2)cc1OC. The maximum absolute atomic E-state index is 12.0. The van der Waals surface area contributed by atoms with E-state index in [1.807, 2.05) is 37.1 Å². The van der Waals surface area contributed by atoms with Crippen molar-refractivity contribution in [3.63, 3.8) is 0 Å². The molecule has 130 valence electrons.